The molecule has 0 saturated heterocycles. The maximum atomic E-state index is 13.9. The first-order chi connectivity index (χ1) is 11.2. The van der Waals surface area contributed by atoms with E-state index in [-0.39, 0.29) is 11.5 Å². The summed E-state index contributed by atoms with van der Waals surface area (Å²) >= 11 is 0. The van der Waals surface area contributed by atoms with Gasteiger partial charge in [0.05, 0.1) is 12.7 Å². The van der Waals surface area contributed by atoms with Crippen molar-refractivity contribution in [1.82, 2.24) is 4.98 Å². The first-order valence-electron chi connectivity index (χ1n) is 7.49. The van der Waals surface area contributed by atoms with Crippen LogP contribution in [0.15, 0.2) is 36.7 Å². The molecular weight excluding hydrogens is 302 g/mol. The molecule has 0 bridgehead atoms. The summed E-state index contributed by atoms with van der Waals surface area (Å²) in [5.41, 5.74) is 0.633. The molecule has 6 heteroatoms. The zero-order chi connectivity index (χ0) is 16.0. The van der Waals surface area contributed by atoms with Crippen LogP contribution in [0.25, 0.3) is 0 Å². The Morgan fingerprint density at radius 2 is 2.04 bits per heavy atom. The third-order valence-corrected chi connectivity index (χ3v) is 4.37. The summed E-state index contributed by atoms with van der Waals surface area (Å²) in [4.78, 5) is 18.4. The van der Waals surface area contributed by atoms with Gasteiger partial charge in [-0.15, -0.1) is 0 Å². The van der Waals surface area contributed by atoms with Gasteiger partial charge in [-0.3, -0.25) is 9.78 Å². The van der Waals surface area contributed by atoms with E-state index in [0.717, 1.165) is 0 Å². The number of fused-ring (bicyclic) bond motifs is 1. The van der Waals surface area contributed by atoms with Gasteiger partial charge < -0.3 is 9.64 Å². The number of amides is 1. The van der Waals surface area contributed by atoms with Gasteiger partial charge in [-0.05, 0) is 18.6 Å². The quantitative estimate of drug-likeness (QED) is 0.855. The van der Waals surface area contributed by atoms with E-state index in [9.17, 15) is 13.6 Å². The molecule has 4 nitrogen and oxygen atoms in total. The molecular formula is C17H14F2N2O2. The lowest BCUT2D eigenvalue weighted by Gasteiger charge is -2.29. The molecule has 1 fully saturated rings. The van der Waals surface area contributed by atoms with Crippen LogP contribution in [-0.2, 0) is 4.79 Å². The number of aromatic nitrogens is 1. The highest BCUT2D eigenvalue weighted by Crippen LogP contribution is 2.51. The minimum Gasteiger partial charge on any atom is -0.489 e. The Bertz CT molecular complexity index is 761. The topological polar surface area (TPSA) is 42.4 Å². The van der Waals surface area contributed by atoms with Crippen LogP contribution in [0.3, 0.4) is 0 Å². The van der Waals surface area contributed by atoms with Gasteiger partial charge in [0.1, 0.15) is 29.7 Å². The molecule has 1 aromatic heterocycles. The molecule has 1 amide bonds. The standard InChI is InChI=1S/C17H14F2N2O2/c18-12-2-1-3-13(19)16(12)10-8-11(10)17(22)21-6-7-23-15-4-5-20-9-14(15)21/h1-5,9-11H,6-8H2/t10-,11-/m0/s1. The molecule has 2 atom stereocenters. The van der Waals surface area contributed by atoms with E-state index in [1.165, 1.54) is 18.2 Å². The van der Waals surface area contributed by atoms with Crippen molar-refractivity contribution < 1.29 is 18.3 Å². The number of rotatable bonds is 2. The van der Waals surface area contributed by atoms with E-state index >= 15 is 0 Å². The first kappa shape index (κ1) is 14.1. The molecule has 118 valence electrons. The molecule has 1 aromatic carbocycles. The predicted octanol–water partition coefficient (Wildman–Crippen LogP) is 2.89. The van der Waals surface area contributed by atoms with E-state index in [1.807, 2.05) is 0 Å². The maximum Gasteiger partial charge on any atom is 0.231 e. The van der Waals surface area contributed by atoms with Crippen LogP contribution in [0, 0.1) is 17.6 Å². The Morgan fingerprint density at radius 1 is 1.26 bits per heavy atom. The summed E-state index contributed by atoms with van der Waals surface area (Å²) in [6, 6.07) is 5.49. The third kappa shape index (κ3) is 2.34. The van der Waals surface area contributed by atoms with Crippen LogP contribution >= 0.6 is 0 Å². The third-order valence-electron chi connectivity index (χ3n) is 4.37. The first-order valence-corrected chi connectivity index (χ1v) is 7.49. The average Bonchev–Trinajstić information content (AvgIpc) is 3.34. The van der Waals surface area contributed by atoms with Crippen molar-refractivity contribution in [3.63, 3.8) is 0 Å². The van der Waals surface area contributed by atoms with E-state index < -0.39 is 23.5 Å². The fourth-order valence-electron chi connectivity index (χ4n) is 3.15. The van der Waals surface area contributed by atoms with Crippen LogP contribution in [-0.4, -0.2) is 24.0 Å². The molecule has 2 aromatic rings. The van der Waals surface area contributed by atoms with Crippen LogP contribution < -0.4 is 9.64 Å². The minimum atomic E-state index is -0.589. The number of carbonyl (C=O) groups is 1. The smallest absolute Gasteiger partial charge is 0.231 e. The Balaban J connectivity index is 1.59. The number of hydrogen-bond donors (Lipinski definition) is 0. The largest absolute Gasteiger partial charge is 0.489 e. The van der Waals surface area contributed by atoms with Crippen molar-refractivity contribution in [3.05, 3.63) is 53.9 Å². The number of nitrogens with zero attached hydrogens (tertiary/aromatic N) is 2. The van der Waals surface area contributed by atoms with Gasteiger partial charge in [-0.2, -0.15) is 0 Å². The van der Waals surface area contributed by atoms with Crippen molar-refractivity contribution in [1.29, 1.82) is 0 Å². The van der Waals surface area contributed by atoms with Crippen LogP contribution in [0.2, 0.25) is 0 Å². The number of halogens is 2. The van der Waals surface area contributed by atoms with Gasteiger partial charge in [0.2, 0.25) is 5.91 Å². The van der Waals surface area contributed by atoms with Crippen molar-refractivity contribution in [2.24, 2.45) is 5.92 Å². The van der Waals surface area contributed by atoms with Crippen molar-refractivity contribution >= 4 is 11.6 Å². The summed E-state index contributed by atoms with van der Waals surface area (Å²) in [6.45, 7) is 0.814. The number of ether oxygens (including phenoxy) is 1. The monoisotopic (exact) mass is 316 g/mol. The number of pyridine rings is 1. The van der Waals surface area contributed by atoms with Crippen LogP contribution in [0.1, 0.15) is 17.9 Å². The maximum absolute atomic E-state index is 13.9. The molecule has 2 heterocycles. The summed E-state index contributed by atoms with van der Waals surface area (Å²) < 4.78 is 33.2. The molecule has 4 rings (SSSR count). The summed E-state index contributed by atoms with van der Waals surface area (Å²) in [7, 11) is 0. The minimum absolute atomic E-state index is 0.0190. The number of hydrogen-bond acceptors (Lipinski definition) is 3. The Kier molecular flexibility index (Phi) is 3.25. The molecule has 0 unspecified atom stereocenters. The van der Waals surface area contributed by atoms with E-state index in [1.54, 1.807) is 23.4 Å². The average molecular weight is 316 g/mol. The molecule has 1 aliphatic carbocycles. The molecule has 0 radical (unpaired) electrons. The molecule has 2 aliphatic rings. The predicted molar refractivity (Wildman–Crippen MR) is 79.3 cm³/mol. The highest BCUT2D eigenvalue weighted by atomic mass is 19.1. The van der Waals surface area contributed by atoms with Gasteiger partial charge in [-0.1, -0.05) is 6.07 Å². The van der Waals surface area contributed by atoms with E-state index in [0.29, 0.717) is 31.0 Å². The van der Waals surface area contributed by atoms with Gasteiger partial charge in [0.15, 0.2) is 0 Å². The molecule has 1 saturated carbocycles. The van der Waals surface area contributed by atoms with E-state index in [2.05, 4.69) is 4.98 Å². The van der Waals surface area contributed by atoms with Crippen molar-refractivity contribution in [3.8, 4) is 5.75 Å². The van der Waals surface area contributed by atoms with Gasteiger partial charge in [0, 0.05) is 29.7 Å². The fraction of sp³-hybridized carbons (Fsp3) is 0.294. The SMILES string of the molecule is O=C([C@H]1C[C@@H]1c1c(F)cccc1F)N1CCOc2ccncc21. The Hall–Kier alpha value is -2.50. The zero-order valence-electron chi connectivity index (χ0n) is 12.2. The normalized spacial score (nSPS) is 22.3. The summed E-state index contributed by atoms with van der Waals surface area (Å²) in [5, 5.41) is 0. The Labute approximate surface area is 131 Å². The number of benzene rings is 1. The number of carbonyl (C=O) groups excluding carboxylic acids is 1. The summed E-state index contributed by atoms with van der Waals surface area (Å²) in [5.74, 6) is -1.49. The Morgan fingerprint density at radius 3 is 2.83 bits per heavy atom. The molecule has 1 aliphatic heterocycles. The molecule has 0 N–H and O–H groups in total. The van der Waals surface area contributed by atoms with Crippen LogP contribution in [0.5, 0.6) is 5.75 Å². The number of anilines is 1. The molecule has 0 spiro atoms. The van der Waals surface area contributed by atoms with E-state index in [4.69, 9.17) is 4.74 Å². The lowest BCUT2D eigenvalue weighted by molar-refractivity contribution is -0.120. The van der Waals surface area contributed by atoms with Gasteiger partial charge in [-0.25, -0.2) is 8.78 Å². The van der Waals surface area contributed by atoms with Crippen molar-refractivity contribution in [2.75, 3.05) is 18.1 Å². The van der Waals surface area contributed by atoms with Crippen LogP contribution in [0.4, 0.5) is 14.5 Å². The second-order valence-corrected chi connectivity index (χ2v) is 5.77. The second kappa shape index (κ2) is 5.30. The molecule has 23 heavy (non-hydrogen) atoms. The van der Waals surface area contributed by atoms with Gasteiger partial charge in [0.25, 0.3) is 0 Å². The zero-order valence-corrected chi connectivity index (χ0v) is 12.2. The fourth-order valence-corrected chi connectivity index (χ4v) is 3.15. The lowest BCUT2D eigenvalue weighted by atomic mass is 10.1. The second-order valence-electron chi connectivity index (χ2n) is 5.77. The summed E-state index contributed by atoms with van der Waals surface area (Å²) in [6.07, 6.45) is 3.64. The lowest BCUT2D eigenvalue weighted by Crippen LogP contribution is -2.39. The highest BCUT2D eigenvalue weighted by Gasteiger charge is 2.49. The van der Waals surface area contributed by atoms with Crippen molar-refractivity contribution in [2.45, 2.75) is 12.3 Å². The highest BCUT2D eigenvalue weighted by molar-refractivity contribution is 5.98. The van der Waals surface area contributed by atoms with Gasteiger partial charge >= 0.3 is 0 Å².